The fourth-order valence-corrected chi connectivity index (χ4v) is 3.08. The monoisotopic (exact) mass is 324 g/mol. The van der Waals surface area contributed by atoms with Gasteiger partial charge in [-0.05, 0) is 48.5 Å². The first-order chi connectivity index (χ1) is 10.0. The zero-order valence-corrected chi connectivity index (χ0v) is 13.2. The standard InChI is InChI=1S/C15H17ClN2O2S/c1-2-17-11-12-4-3-5-15(10-12)21(19,20)18-14-8-6-13(16)7-9-14/h3-10,17-18H,2,11H2,1H3. The third kappa shape index (κ3) is 4.46. The van der Waals surface area contributed by atoms with Gasteiger partial charge < -0.3 is 5.32 Å². The minimum absolute atomic E-state index is 0.243. The van der Waals surface area contributed by atoms with E-state index in [2.05, 4.69) is 10.0 Å². The van der Waals surface area contributed by atoms with Gasteiger partial charge in [-0.2, -0.15) is 0 Å². The highest BCUT2D eigenvalue weighted by Crippen LogP contribution is 2.19. The summed E-state index contributed by atoms with van der Waals surface area (Å²) in [5.41, 5.74) is 1.41. The summed E-state index contributed by atoms with van der Waals surface area (Å²) >= 11 is 5.79. The van der Waals surface area contributed by atoms with Gasteiger partial charge >= 0.3 is 0 Å². The molecule has 0 saturated carbocycles. The number of rotatable bonds is 6. The van der Waals surface area contributed by atoms with E-state index in [0.717, 1.165) is 12.1 Å². The van der Waals surface area contributed by atoms with E-state index in [4.69, 9.17) is 11.6 Å². The number of nitrogens with one attached hydrogen (secondary N) is 2. The highest BCUT2D eigenvalue weighted by molar-refractivity contribution is 7.92. The van der Waals surface area contributed by atoms with Crippen molar-refractivity contribution in [1.29, 1.82) is 0 Å². The first-order valence-electron chi connectivity index (χ1n) is 6.59. The number of hydrogen-bond acceptors (Lipinski definition) is 3. The molecule has 0 radical (unpaired) electrons. The zero-order chi connectivity index (χ0) is 15.3. The van der Waals surface area contributed by atoms with Crippen LogP contribution < -0.4 is 10.0 Å². The molecule has 0 saturated heterocycles. The number of benzene rings is 2. The Balaban J connectivity index is 2.20. The number of halogens is 1. The van der Waals surface area contributed by atoms with Gasteiger partial charge in [0.15, 0.2) is 0 Å². The number of sulfonamides is 1. The largest absolute Gasteiger partial charge is 0.313 e. The third-order valence-electron chi connectivity index (χ3n) is 2.88. The highest BCUT2D eigenvalue weighted by Gasteiger charge is 2.14. The van der Waals surface area contributed by atoms with E-state index in [1.165, 1.54) is 0 Å². The minimum atomic E-state index is -3.59. The molecule has 0 aliphatic carbocycles. The van der Waals surface area contributed by atoms with E-state index in [1.807, 2.05) is 13.0 Å². The molecule has 2 aromatic carbocycles. The van der Waals surface area contributed by atoms with Crippen LogP contribution in [0.5, 0.6) is 0 Å². The molecule has 112 valence electrons. The molecule has 0 bridgehead atoms. The molecule has 2 rings (SSSR count). The summed E-state index contributed by atoms with van der Waals surface area (Å²) in [6, 6.07) is 13.4. The normalized spacial score (nSPS) is 11.3. The molecule has 21 heavy (non-hydrogen) atoms. The lowest BCUT2D eigenvalue weighted by Crippen LogP contribution is -2.15. The van der Waals surface area contributed by atoms with Crippen molar-refractivity contribution in [3.63, 3.8) is 0 Å². The first-order valence-corrected chi connectivity index (χ1v) is 8.45. The van der Waals surface area contributed by atoms with Crippen LogP contribution in [0.3, 0.4) is 0 Å². The van der Waals surface area contributed by atoms with Crippen LogP contribution in [0, 0.1) is 0 Å². The third-order valence-corrected chi connectivity index (χ3v) is 4.52. The highest BCUT2D eigenvalue weighted by atomic mass is 35.5. The Hall–Kier alpha value is -1.56. The van der Waals surface area contributed by atoms with Crippen molar-refractivity contribution in [1.82, 2.24) is 5.32 Å². The van der Waals surface area contributed by atoms with Gasteiger partial charge in [-0.15, -0.1) is 0 Å². The SMILES string of the molecule is CCNCc1cccc(S(=O)(=O)Nc2ccc(Cl)cc2)c1. The molecule has 0 aliphatic rings. The Morgan fingerprint density at radius 1 is 1.10 bits per heavy atom. The summed E-state index contributed by atoms with van der Waals surface area (Å²) in [4.78, 5) is 0.243. The van der Waals surface area contributed by atoms with Crippen molar-refractivity contribution in [2.75, 3.05) is 11.3 Å². The van der Waals surface area contributed by atoms with Crippen LogP contribution in [-0.4, -0.2) is 15.0 Å². The Morgan fingerprint density at radius 3 is 2.48 bits per heavy atom. The molecule has 6 heteroatoms. The molecule has 0 aromatic heterocycles. The van der Waals surface area contributed by atoms with Crippen LogP contribution in [0.4, 0.5) is 5.69 Å². The van der Waals surface area contributed by atoms with Crippen molar-refractivity contribution in [3.05, 3.63) is 59.1 Å². The summed E-state index contributed by atoms with van der Waals surface area (Å²) in [6.45, 7) is 3.48. The number of hydrogen-bond donors (Lipinski definition) is 2. The van der Waals surface area contributed by atoms with Gasteiger partial charge in [0, 0.05) is 17.3 Å². The van der Waals surface area contributed by atoms with Crippen molar-refractivity contribution in [3.8, 4) is 0 Å². The molecular formula is C15H17ClN2O2S. The van der Waals surface area contributed by atoms with Crippen molar-refractivity contribution >= 4 is 27.3 Å². The lowest BCUT2D eigenvalue weighted by Gasteiger charge is -2.10. The molecule has 0 aliphatic heterocycles. The van der Waals surface area contributed by atoms with E-state index in [9.17, 15) is 8.42 Å². The molecule has 0 unspecified atom stereocenters. The maximum absolute atomic E-state index is 12.3. The van der Waals surface area contributed by atoms with Crippen LogP contribution in [-0.2, 0) is 16.6 Å². The second-order valence-corrected chi connectivity index (χ2v) is 6.66. The van der Waals surface area contributed by atoms with Crippen molar-refractivity contribution in [2.24, 2.45) is 0 Å². The average molecular weight is 325 g/mol. The second kappa shape index (κ2) is 6.93. The summed E-state index contributed by atoms with van der Waals surface area (Å²) in [5, 5.41) is 3.73. The zero-order valence-electron chi connectivity index (χ0n) is 11.6. The van der Waals surface area contributed by atoms with E-state index in [1.54, 1.807) is 42.5 Å². The molecule has 0 atom stereocenters. The molecule has 0 heterocycles. The van der Waals surface area contributed by atoms with Crippen LogP contribution in [0.2, 0.25) is 5.02 Å². The van der Waals surface area contributed by atoms with Crippen molar-refractivity contribution < 1.29 is 8.42 Å². The summed E-state index contributed by atoms with van der Waals surface area (Å²) in [6.07, 6.45) is 0. The van der Waals surface area contributed by atoms with Gasteiger partial charge in [-0.1, -0.05) is 30.7 Å². The van der Waals surface area contributed by atoms with Crippen LogP contribution in [0.25, 0.3) is 0 Å². The van der Waals surface area contributed by atoms with Crippen LogP contribution in [0.15, 0.2) is 53.4 Å². The molecule has 2 N–H and O–H groups in total. The number of anilines is 1. The summed E-state index contributed by atoms with van der Waals surface area (Å²) in [7, 11) is -3.59. The molecule has 2 aromatic rings. The quantitative estimate of drug-likeness (QED) is 0.857. The van der Waals surface area contributed by atoms with Gasteiger partial charge in [0.1, 0.15) is 0 Å². The van der Waals surface area contributed by atoms with Gasteiger partial charge in [0.2, 0.25) is 0 Å². The maximum atomic E-state index is 12.3. The van der Waals surface area contributed by atoms with E-state index >= 15 is 0 Å². The maximum Gasteiger partial charge on any atom is 0.261 e. The van der Waals surface area contributed by atoms with Gasteiger partial charge in [-0.25, -0.2) is 8.42 Å². The molecule has 4 nitrogen and oxygen atoms in total. The van der Waals surface area contributed by atoms with Crippen LogP contribution in [0.1, 0.15) is 12.5 Å². The second-order valence-electron chi connectivity index (χ2n) is 4.54. The summed E-state index contributed by atoms with van der Waals surface area (Å²) in [5.74, 6) is 0. The minimum Gasteiger partial charge on any atom is -0.313 e. The van der Waals surface area contributed by atoms with E-state index < -0.39 is 10.0 Å². The topological polar surface area (TPSA) is 58.2 Å². The van der Waals surface area contributed by atoms with Crippen LogP contribution >= 0.6 is 11.6 Å². The average Bonchev–Trinajstić information content (AvgIpc) is 2.48. The molecule has 0 spiro atoms. The predicted octanol–water partition coefficient (Wildman–Crippen LogP) is 3.25. The molecular weight excluding hydrogens is 308 g/mol. The fraction of sp³-hybridized carbons (Fsp3) is 0.200. The Labute approximate surface area is 130 Å². The Kier molecular flexibility index (Phi) is 5.22. The lowest BCUT2D eigenvalue weighted by atomic mass is 10.2. The smallest absolute Gasteiger partial charge is 0.261 e. The summed E-state index contributed by atoms with van der Waals surface area (Å²) < 4.78 is 27.2. The molecule has 0 fully saturated rings. The van der Waals surface area contributed by atoms with Crippen molar-refractivity contribution in [2.45, 2.75) is 18.4 Å². The van der Waals surface area contributed by atoms with E-state index in [0.29, 0.717) is 17.3 Å². The van der Waals surface area contributed by atoms with Gasteiger partial charge in [-0.3, -0.25) is 4.72 Å². The first kappa shape index (κ1) is 15.8. The fourth-order valence-electron chi connectivity index (χ4n) is 1.82. The Bertz CT molecular complexity index is 700. The lowest BCUT2D eigenvalue weighted by molar-refractivity contribution is 0.601. The van der Waals surface area contributed by atoms with Gasteiger partial charge in [0.25, 0.3) is 10.0 Å². The Morgan fingerprint density at radius 2 is 1.81 bits per heavy atom. The van der Waals surface area contributed by atoms with Gasteiger partial charge in [0.05, 0.1) is 4.90 Å². The molecule has 0 amide bonds. The van der Waals surface area contributed by atoms with E-state index in [-0.39, 0.29) is 4.90 Å². The predicted molar refractivity (Wildman–Crippen MR) is 86.1 cm³/mol.